The normalized spacial score (nSPS) is 19.0. The quantitative estimate of drug-likeness (QED) is 0.568. The van der Waals surface area contributed by atoms with Crippen molar-refractivity contribution in [1.29, 1.82) is 0 Å². The van der Waals surface area contributed by atoms with Crippen LogP contribution in [0.4, 0.5) is 4.39 Å². The van der Waals surface area contributed by atoms with E-state index in [1.165, 1.54) is 6.07 Å². The van der Waals surface area contributed by atoms with Crippen LogP contribution in [-0.2, 0) is 14.8 Å². The summed E-state index contributed by atoms with van der Waals surface area (Å²) in [6, 6.07) is 10.5. The van der Waals surface area contributed by atoms with Gasteiger partial charge >= 0.3 is 0 Å². The number of sulfonamides is 1. The fraction of sp³-hybridized carbons (Fsp3) is 0.273. The number of ether oxygens (including phenoxy) is 1. The number of amides is 1. The lowest BCUT2D eigenvalue weighted by atomic mass is 10.1. The Hall–Kier alpha value is -2.37. The highest BCUT2D eigenvalue weighted by atomic mass is 35.5. The van der Waals surface area contributed by atoms with E-state index in [1.54, 1.807) is 29.2 Å². The Bertz CT molecular complexity index is 1300. The molecule has 2 aromatic carbocycles. The summed E-state index contributed by atoms with van der Waals surface area (Å²) in [5, 5.41) is 5.86. The van der Waals surface area contributed by atoms with Crippen molar-refractivity contribution in [3.8, 4) is 21.7 Å². The van der Waals surface area contributed by atoms with Gasteiger partial charge < -0.3 is 9.64 Å². The summed E-state index contributed by atoms with van der Waals surface area (Å²) in [5.74, 6) is -1.22. The molecule has 1 aliphatic rings. The minimum absolute atomic E-state index is 0.104. The molecule has 7 nitrogen and oxygen atoms in total. The number of nitrogens with two attached hydrogens (primary N) is 1. The van der Waals surface area contributed by atoms with Gasteiger partial charge in [-0.25, -0.2) is 22.9 Å². The molecular formula is C22H21ClFN3O4S2. The predicted molar refractivity (Wildman–Crippen MR) is 125 cm³/mol. The van der Waals surface area contributed by atoms with Crippen LogP contribution in [0.3, 0.4) is 0 Å². The molecule has 1 aliphatic heterocycles. The molecule has 0 aliphatic carbocycles. The summed E-state index contributed by atoms with van der Waals surface area (Å²) in [4.78, 5) is 19.5. The molecule has 1 fully saturated rings. The highest BCUT2D eigenvalue weighted by Crippen LogP contribution is 2.38. The highest BCUT2D eigenvalue weighted by molar-refractivity contribution is 7.89. The van der Waals surface area contributed by atoms with Crippen molar-refractivity contribution in [2.75, 3.05) is 13.1 Å². The first-order valence-corrected chi connectivity index (χ1v) is 12.8. The van der Waals surface area contributed by atoms with Crippen LogP contribution >= 0.6 is 22.9 Å². The molecule has 174 valence electrons. The topological polar surface area (TPSA) is 103 Å². The first-order chi connectivity index (χ1) is 15.5. The number of hydrogen-bond donors (Lipinski definition) is 1. The molecular weight excluding hydrogens is 489 g/mol. The van der Waals surface area contributed by atoms with Crippen molar-refractivity contribution in [1.82, 2.24) is 9.88 Å². The molecule has 0 unspecified atom stereocenters. The zero-order valence-corrected chi connectivity index (χ0v) is 20.2. The zero-order chi connectivity index (χ0) is 23.9. The number of morpholine rings is 1. The maximum atomic E-state index is 14.6. The Labute approximate surface area is 200 Å². The van der Waals surface area contributed by atoms with Crippen molar-refractivity contribution in [2.45, 2.75) is 31.0 Å². The highest BCUT2D eigenvalue weighted by Gasteiger charge is 2.30. The number of nitrogens with zero attached hydrogens (tertiary/aromatic N) is 2. The fourth-order valence-corrected chi connectivity index (χ4v) is 5.53. The number of halogens is 2. The van der Waals surface area contributed by atoms with Crippen LogP contribution in [-0.4, -0.2) is 49.5 Å². The molecule has 0 saturated carbocycles. The van der Waals surface area contributed by atoms with E-state index in [1.807, 2.05) is 13.8 Å². The van der Waals surface area contributed by atoms with Gasteiger partial charge in [0.05, 0.1) is 22.8 Å². The van der Waals surface area contributed by atoms with Gasteiger partial charge in [0.15, 0.2) is 5.01 Å². The van der Waals surface area contributed by atoms with E-state index >= 15 is 0 Å². The standard InChI is InChI=1S/C22H21ClFN3O4S2/c1-12-10-27(11-13(2)31-12)22(28)21-26-19(14-3-6-16(23)7-4-14)20(32-21)15-5-8-18(17(24)9-15)33(25,29)30/h3-9,12-13H,10-11H2,1-2H3,(H2,25,29,30)/t12-,13+. The number of benzene rings is 2. The maximum absolute atomic E-state index is 14.6. The molecule has 1 amide bonds. The van der Waals surface area contributed by atoms with Gasteiger partial charge in [-0.05, 0) is 43.7 Å². The van der Waals surface area contributed by atoms with Crippen LogP contribution in [0.25, 0.3) is 21.7 Å². The van der Waals surface area contributed by atoms with Crippen molar-refractivity contribution in [2.24, 2.45) is 5.14 Å². The third kappa shape index (κ3) is 5.10. The summed E-state index contributed by atoms with van der Waals surface area (Å²) < 4.78 is 43.5. The average Bonchev–Trinajstić information content (AvgIpc) is 3.17. The van der Waals surface area contributed by atoms with E-state index in [0.29, 0.717) is 39.8 Å². The van der Waals surface area contributed by atoms with Gasteiger partial charge in [-0.2, -0.15) is 0 Å². The van der Waals surface area contributed by atoms with Crippen LogP contribution in [0, 0.1) is 5.82 Å². The molecule has 0 bridgehead atoms. The van der Waals surface area contributed by atoms with Crippen LogP contribution in [0.15, 0.2) is 47.4 Å². The minimum atomic E-state index is -4.21. The zero-order valence-electron chi connectivity index (χ0n) is 17.8. The molecule has 0 spiro atoms. The van der Waals surface area contributed by atoms with Crippen molar-refractivity contribution in [3.63, 3.8) is 0 Å². The molecule has 11 heteroatoms. The van der Waals surface area contributed by atoms with Gasteiger partial charge in [-0.1, -0.05) is 29.8 Å². The Morgan fingerprint density at radius 2 is 1.76 bits per heavy atom. The average molecular weight is 510 g/mol. The Balaban J connectivity index is 1.80. The number of aromatic nitrogens is 1. The summed E-state index contributed by atoms with van der Waals surface area (Å²) in [5.41, 5.74) is 1.53. The fourth-order valence-electron chi connectivity index (χ4n) is 3.76. The summed E-state index contributed by atoms with van der Waals surface area (Å²) in [7, 11) is -4.21. The molecule has 3 aromatic rings. The molecule has 0 radical (unpaired) electrons. The van der Waals surface area contributed by atoms with Crippen LogP contribution < -0.4 is 5.14 Å². The Kier molecular flexibility index (Phi) is 6.56. The van der Waals surface area contributed by atoms with Crippen LogP contribution in [0.5, 0.6) is 0 Å². The predicted octanol–water partition coefficient (Wildman–Crippen LogP) is 4.17. The number of carbonyl (C=O) groups is 1. The van der Waals surface area contributed by atoms with Crippen LogP contribution in [0.1, 0.15) is 23.6 Å². The summed E-state index contributed by atoms with van der Waals surface area (Å²) in [6.45, 7) is 4.68. The second-order valence-electron chi connectivity index (χ2n) is 7.86. The minimum Gasteiger partial charge on any atom is -0.372 e. The van der Waals surface area contributed by atoms with E-state index in [0.717, 1.165) is 23.5 Å². The van der Waals surface area contributed by atoms with Gasteiger partial charge in [0.25, 0.3) is 5.91 Å². The first kappa shape index (κ1) is 23.8. The van der Waals surface area contributed by atoms with E-state index in [9.17, 15) is 17.6 Å². The van der Waals surface area contributed by atoms with E-state index in [-0.39, 0.29) is 23.1 Å². The molecule has 1 aromatic heterocycles. The van der Waals surface area contributed by atoms with Gasteiger partial charge in [0.2, 0.25) is 10.0 Å². The number of carbonyl (C=O) groups excluding carboxylic acids is 1. The van der Waals surface area contributed by atoms with Gasteiger partial charge in [-0.3, -0.25) is 4.79 Å². The number of hydrogen-bond acceptors (Lipinski definition) is 6. The van der Waals surface area contributed by atoms with E-state index in [4.69, 9.17) is 21.5 Å². The molecule has 2 N–H and O–H groups in total. The second-order valence-corrected chi connectivity index (χ2v) is 10.8. The molecule has 2 heterocycles. The van der Waals surface area contributed by atoms with Gasteiger partial charge in [0, 0.05) is 23.7 Å². The number of thiazole rings is 1. The number of primary sulfonamides is 1. The number of rotatable bonds is 4. The van der Waals surface area contributed by atoms with E-state index in [2.05, 4.69) is 4.98 Å². The molecule has 4 rings (SSSR count). The Morgan fingerprint density at radius 3 is 2.33 bits per heavy atom. The van der Waals surface area contributed by atoms with Crippen molar-refractivity contribution in [3.05, 3.63) is 58.3 Å². The van der Waals surface area contributed by atoms with Crippen LogP contribution in [0.2, 0.25) is 5.02 Å². The van der Waals surface area contributed by atoms with Gasteiger partial charge in [-0.15, -0.1) is 11.3 Å². The van der Waals surface area contributed by atoms with Crippen molar-refractivity contribution < 1.29 is 22.3 Å². The van der Waals surface area contributed by atoms with Gasteiger partial charge in [0.1, 0.15) is 10.7 Å². The third-order valence-electron chi connectivity index (χ3n) is 5.14. The largest absolute Gasteiger partial charge is 0.372 e. The maximum Gasteiger partial charge on any atom is 0.283 e. The van der Waals surface area contributed by atoms with E-state index < -0.39 is 20.7 Å². The Morgan fingerprint density at radius 1 is 1.15 bits per heavy atom. The smallest absolute Gasteiger partial charge is 0.283 e. The monoisotopic (exact) mass is 509 g/mol. The first-order valence-electron chi connectivity index (χ1n) is 10.1. The lowest BCUT2D eigenvalue weighted by Gasteiger charge is -2.34. The second kappa shape index (κ2) is 9.11. The SMILES string of the molecule is C[C@@H]1CN(C(=O)c2nc(-c3ccc(Cl)cc3)c(-c3ccc(S(N)(=O)=O)c(F)c3)s2)C[C@H](C)O1. The van der Waals surface area contributed by atoms with Crippen molar-refractivity contribution >= 4 is 38.9 Å². The lowest BCUT2D eigenvalue weighted by Crippen LogP contribution is -2.48. The third-order valence-corrected chi connectivity index (χ3v) is 7.42. The summed E-state index contributed by atoms with van der Waals surface area (Å²) >= 11 is 7.13. The summed E-state index contributed by atoms with van der Waals surface area (Å²) in [6.07, 6.45) is -0.208. The lowest BCUT2D eigenvalue weighted by molar-refractivity contribution is -0.0586. The molecule has 2 atom stereocenters. The molecule has 33 heavy (non-hydrogen) atoms. The molecule has 1 saturated heterocycles.